The molecule has 0 radical (unpaired) electrons. The maximum Gasteiger partial charge on any atom is 0.280 e. The molecule has 4 rings (SSSR count). The zero-order chi connectivity index (χ0) is 28.5. The Morgan fingerprint density at radius 3 is 2.45 bits per heavy atom. The molecule has 1 aliphatic heterocycles. The Labute approximate surface area is 240 Å². The highest BCUT2D eigenvalue weighted by atomic mass is 35.5. The van der Waals surface area contributed by atoms with E-state index >= 15 is 0 Å². The van der Waals surface area contributed by atoms with Crippen LogP contribution in [0.1, 0.15) is 42.4 Å². The summed E-state index contributed by atoms with van der Waals surface area (Å²) in [6.45, 7) is 3.45. The van der Waals surface area contributed by atoms with E-state index in [4.69, 9.17) is 16.3 Å². The number of hydrogen-bond acceptors (Lipinski definition) is 6. The van der Waals surface area contributed by atoms with Gasteiger partial charge in [-0.1, -0.05) is 67.4 Å². The molecule has 12 heteroatoms. The van der Waals surface area contributed by atoms with Gasteiger partial charge in [0.25, 0.3) is 10.2 Å². The normalized spacial score (nSPS) is 15.2. The SMILES string of the molecule is CCCCc1nc(Cl)c(CO)n1Cc1ccc(NC(=O)[C@H](Cc2ccccc2)NS(=O)(=O)N2CCOCC2)cc1. The summed E-state index contributed by atoms with van der Waals surface area (Å²) in [4.78, 5) is 17.8. The Morgan fingerprint density at radius 2 is 1.80 bits per heavy atom. The van der Waals surface area contributed by atoms with Gasteiger partial charge in [0.2, 0.25) is 5.91 Å². The first-order valence-electron chi connectivity index (χ1n) is 13.4. The third-order valence-corrected chi connectivity index (χ3v) is 8.70. The second-order valence-electron chi connectivity index (χ2n) is 9.68. The molecule has 216 valence electrons. The zero-order valence-corrected chi connectivity index (χ0v) is 24.1. The van der Waals surface area contributed by atoms with Crippen molar-refractivity contribution in [3.8, 4) is 0 Å². The number of nitrogens with zero attached hydrogens (tertiary/aromatic N) is 3. The van der Waals surface area contributed by atoms with Gasteiger partial charge in [0.15, 0.2) is 5.15 Å². The lowest BCUT2D eigenvalue weighted by atomic mass is 10.1. The van der Waals surface area contributed by atoms with E-state index in [0.717, 1.165) is 36.2 Å². The van der Waals surface area contributed by atoms with Crippen LogP contribution in [0.2, 0.25) is 5.15 Å². The van der Waals surface area contributed by atoms with Crippen LogP contribution in [-0.4, -0.2) is 65.6 Å². The highest BCUT2D eigenvalue weighted by molar-refractivity contribution is 7.87. The minimum Gasteiger partial charge on any atom is -0.390 e. The van der Waals surface area contributed by atoms with Gasteiger partial charge in [0, 0.05) is 31.7 Å². The number of amides is 1. The molecule has 1 fully saturated rings. The van der Waals surface area contributed by atoms with Crippen LogP contribution < -0.4 is 10.0 Å². The molecule has 1 aromatic heterocycles. The number of benzene rings is 2. The summed E-state index contributed by atoms with van der Waals surface area (Å²) in [5.41, 5.74) is 2.88. The molecule has 0 aliphatic carbocycles. The van der Waals surface area contributed by atoms with Gasteiger partial charge in [0.05, 0.1) is 25.5 Å². The molecule has 1 aliphatic rings. The lowest BCUT2D eigenvalue weighted by Gasteiger charge is -2.28. The van der Waals surface area contributed by atoms with Gasteiger partial charge >= 0.3 is 0 Å². The molecule has 2 aromatic carbocycles. The van der Waals surface area contributed by atoms with E-state index in [1.54, 1.807) is 12.1 Å². The van der Waals surface area contributed by atoms with Gasteiger partial charge in [-0.05, 0) is 36.1 Å². The number of hydrogen-bond donors (Lipinski definition) is 3. The quantitative estimate of drug-likeness (QED) is 0.281. The van der Waals surface area contributed by atoms with Crippen LogP contribution in [0, 0.1) is 0 Å². The van der Waals surface area contributed by atoms with Crippen molar-refractivity contribution in [3.05, 3.63) is 82.4 Å². The number of aryl methyl sites for hydroxylation is 1. The number of unbranched alkanes of at least 4 members (excludes halogenated alkanes) is 1. The van der Waals surface area contributed by atoms with Crippen LogP contribution in [0.4, 0.5) is 5.69 Å². The summed E-state index contributed by atoms with van der Waals surface area (Å²) in [7, 11) is -3.89. The molecule has 1 amide bonds. The van der Waals surface area contributed by atoms with Crippen molar-refractivity contribution in [2.75, 3.05) is 31.6 Å². The topological polar surface area (TPSA) is 126 Å². The average molecular weight is 590 g/mol. The first kappa shape index (κ1) is 30.2. The monoisotopic (exact) mass is 589 g/mol. The number of aliphatic hydroxyl groups excluding tert-OH is 1. The minimum atomic E-state index is -3.89. The van der Waals surface area contributed by atoms with Crippen molar-refractivity contribution in [1.29, 1.82) is 0 Å². The number of halogens is 1. The Kier molecular flexibility index (Phi) is 10.7. The summed E-state index contributed by atoms with van der Waals surface area (Å²) in [5, 5.41) is 13.0. The van der Waals surface area contributed by atoms with Crippen LogP contribution in [0.3, 0.4) is 0 Å². The molecule has 3 aromatic rings. The van der Waals surface area contributed by atoms with Crippen molar-refractivity contribution >= 4 is 33.4 Å². The first-order chi connectivity index (χ1) is 19.3. The van der Waals surface area contributed by atoms with E-state index in [2.05, 4.69) is 21.9 Å². The fraction of sp³-hybridized carbons (Fsp3) is 0.429. The van der Waals surface area contributed by atoms with Gasteiger partial charge in [-0.15, -0.1) is 0 Å². The largest absolute Gasteiger partial charge is 0.390 e. The summed E-state index contributed by atoms with van der Waals surface area (Å²) in [6, 6.07) is 15.6. The Balaban J connectivity index is 1.48. The number of ether oxygens (including phenoxy) is 1. The van der Waals surface area contributed by atoms with Crippen LogP contribution in [-0.2, 0) is 45.7 Å². The maximum absolute atomic E-state index is 13.3. The highest BCUT2D eigenvalue weighted by Crippen LogP contribution is 2.22. The van der Waals surface area contributed by atoms with Gasteiger partial charge in [-0.25, -0.2) is 4.98 Å². The van der Waals surface area contributed by atoms with Crippen LogP contribution in [0.5, 0.6) is 0 Å². The van der Waals surface area contributed by atoms with E-state index in [-0.39, 0.29) is 26.1 Å². The molecule has 1 saturated heterocycles. The third-order valence-electron chi connectivity index (χ3n) is 6.77. The Morgan fingerprint density at radius 1 is 1.10 bits per heavy atom. The number of morpholine rings is 1. The van der Waals surface area contributed by atoms with Crippen molar-refractivity contribution in [1.82, 2.24) is 18.6 Å². The number of carbonyl (C=O) groups excluding carboxylic acids is 1. The van der Waals surface area contributed by atoms with Crippen LogP contribution in [0.25, 0.3) is 0 Å². The fourth-order valence-corrected chi connectivity index (χ4v) is 6.14. The predicted octanol–water partition coefficient (Wildman–Crippen LogP) is 3.14. The molecule has 10 nitrogen and oxygen atoms in total. The number of imidazole rings is 1. The van der Waals surface area contributed by atoms with Crippen molar-refractivity contribution in [2.45, 2.75) is 51.8 Å². The summed E-state index contributed by atoms with van der Waals surface area (Å²) >= 11 is 6.26. The molecule has 3 N–H and O–H groups in total. The van der Waals surface area contributed by atoms with Crippen LogP contribution in [0.15, 0.2) is 54.6 Å². The van der Waals surface area contributed by atoms with Gasteiger partial charge in [-0.2, -0.15) is 17.4 Å². The molecular formula is C28H36ClN5O5S. The molecular weight excluding hydrogens is 554 g/mol. The third kappa shape index (κ3) is 7.90. The van der Waals surface area contributed by atoms with E-state index in [1.165, 1.54) is 4.31 Å². The Hall–Kier alpha value is -2.80. The molecule has 1 atom stereocenters. The van der Waals surface area contributed by atoms with Crippen LogP contribution >= 0.6 is 11.6 Å². The van der Waals surface area contributed by atoms with E-state index in [1.807, 2.05) is 47.0 Å². The number of nitrogens with one attached hydrogen (secondary N) is 2. The molecule has 0 spiro atoms. The molecule has 40 heavy (non-hydrogen) atoms. The highest BCUT2D eigenvalue weighted by Gasteiger charge is 2.30. The van der Waals surface area contributed by atoms with Gasteiger partial charge < -0.3 is 19.7 Å². The molecule has 0 saturated carbocycles. The number of rotatable bonds is 13. The number of aliphatic hydroxyl groups is 1. The van der Waals surface area contributed by atoms with Gasteiger partial charge in [-0.3, -0.25) is 4.79 Å². The summed E-state index contributed by atoms with van der Waals surface area (Å²) in [5.74, 6) is 0.365. The number of aromatic nitrogens is 2. The molecule has 0 bridgehead atoms. The van der Waals surface area contributed by atoms with E-state index < -0.39 is 22.2 Å². The smallest absolute Gasteiger partial charge is 0.280 e. The number of carbonyl (C=O) groups is 1. The van der Waals surface area contributed by atoms with Crippen molar-refractivity contribution in [2.24, 2.45) is 0 Å². The predicted molar refractivity (Wildman–Crippen MR) is 154 cm³/mol. The standard InChI is InChI=1S/C28H36ClN5O5S/c1-2-3-9-26-31-27(29)25(20-35)34(26)19-22-10-12-23(13-11-22)30-28(36)24(18-21-7-5-4-6-8-21)32-40(37,38)33-14-16-39-17-15-33/h4-8,10-13,24,32,35H,2-3,9,14-20H2,1H3,(H,30,36)/t24-/m0/s1. The molecule has 2 heterocycles. The minimum absolute atomic E-state index is 0.195. The summed E-state index contributed by atoms with van der Waals surface area (Å²) in [6.07, 6.45) is 2.93. The zero-order valence-electron chi connectivity index (χ0n) is 22.6. The lowest BCUT2D eigenvalue weighted by molar-refractivity contribution is -0.117. The molecule has 0 unspecified atom stereocenters. The second-order valence-corrected chi connectivity index (χ2v) is 11.7. The first-order valence-corrected chi connectivity index (χ1v) is 15.3. The number of anilines is 1. The van der Waals surface area contributed by atoms with Gasteiger partial charge in [0.1, 0.15) is 11.9 Å². The Bertz CT molecular complexity index is 1360. The lowest BCUT2D eigenvalue weighted by Crippen LogP contribution is -2.53. The fourth-order valence-electron chi connectivity index (χ4n) is 4.55. The summed E-state index contributed by atoms with van der Waals surface area (Å²) < 4.78 is 37.2. The maximum atomic E-state index is 13.3. The van der Waals surface area contributed by atoms with Crippen molar-refractivity contribution in [3.63, 3.8) is 0 Å². The second kappa shape index (κ2) is 14.2. The van der Waals surface area contributed by atoms with E-state index in [9.17, 15) is 18.3 Å². The van der Waals surface area contributed by atoms with Crippen molar-refractivity contribution < 1.29 is 23.1 Å². The average Bonchev–Trinajstić information content (AvgIpc) is 3.26. The van der Waals surface area contributed by atoms with E-state index in [0.29, 0.717) is 36.3 Å².